The van der Waals surface area contributed by atoms with E-state index in [0.717, 1.165) is 17.6 Å². The lowest BCUT2D eigenvalue weighted by Crippen LogP contribution is -2.41. The van der Waals surface area contributed by atoms with E-state index in [1.807, 2.05) is 0 Å². The van der Waals surface area contributed by atoms with Gasteiger partial charge in [-0.15, -0.1) is 0 Å². The Bertz CT molecular complexity index is 951. The first-order chi connectivity index (χ1) is 12.9. The summed E-state index contributed by atoms with van der Waals surface area (Å²) in [5, 5.41) is 0. The van der Waals surface area contributed by atoms with Crippen molar-refractivity contribution in [2.75, 3.05) is 26.3 Å². The first kappa shape index (κ1) is 17.7. The van der Waals surface area contributed by atoms with Crippen LogP contribution in [0.15, 0.2) is 47.1 Å². The minimum Gasteiger partial charge on any atom is -0.463 e. The van der Waals surface area contributed by atoms with Crippen molar-refractivity contribution in [3.05, 3.63) is 59.5 Å². The largest absolute Gasteiger partial charge is 0.463 e. The number of carbonyl (C=O) groups is 1. The molecule has 0 N–H and O–H groups in total. The Hall–Kier alpha value is -2.74. The fourth-order valence-corrected chi connectivity index (χ4v) is 3.23. The molecule has 0 bridgehead atoms. The van der Waals surface area contributed by atoms with Gasteiger partial charge in [0.2, 0.25) is 0 Å². The summed E-state index contributed by atoms with van der Waals surface area (Å²) in [6.07, 6.45) is -2.85. The van der Waals surface area contributed by atoms with Crippen LogP contribution in [0.4, 0.5) is 13.2 Å². The highest BCUT2D eigenvalue weighted by Crippen LogP contribution is 2.30. The molecule has 1 aromatic carbocycles. The fraction of sp³-hybridized carbons (Fsp3) is 0.316. The Morgan fingerprint density at radius 1 is 1.07 bits per heavy atom. The standard InChI is InChI=1S/C19H17F3N2O3/c20-19(21,22)14-3-1-13(2-4-14)12-24-15-5-8-27-17(15)11-16(24)18(25)23-6-9-26-10-7-23/h1-5,8,11H,6-7,9-10,12H2. The average molecular weight is 378 g/mol. The Morgan fingerprint density at radius 2 is 1.78 bits per heavy atom. The highest BCUT2D eigenvalue weighted by atomic mass is 19.4. The summed E-state index contributed by atoms with van der Waals surface area (Å²) in [5.74, 6) is -0.142. The van der Waals surface area contributed by atoms with Crippen LogP contribution in [0.25, 0.3) is 11.1 Å². The number of halogens is 3. The van der Waals surface area contributed by atoms with Crippen molar-refractivity contribution in [2.45, 2.75) is 12.7 Å². The minimum absolute atomic E-state index is 0.142. The number of carbonyl (C=O) groups excluding carboxylic acids is 1. The lowest BCUT2D eigenvalue weighted by molar-refractivity contribution is -0.137. The second-order valence-electron chi connectivity index (χ2n) is 6.39. The molecule has 4 rings (SSSR count). The summed E-state index contributed by atoms with van der Waals surface area (Å²) >= 11 is 0. The van der Waals surface area contributed by atoms with Crippen molar-refractivity contribution >= 4 is 17.0 Å². The van der Waals surface area contributed by atoms with Crippen LogP contribution in [0.2, 0.25) is 0 Å². The van der Waals surface area contributed by atoms with E-state index in [4.69, 9.17) is 9.15 Å². The molecule has 142 valence electrons. The van der Waals surface area contributed by atoms with Gasteiger partial charge < -0.3 is 18.6 Å². The molecule has 0 saturated carbocycles. The maximum atomic E-state index is 12.9. The summed E-state index contributed by atoms with van der Waals surface area (Å²) in [6, 6.07) is 8.38. The summed E-state index contributed by atoms with van der Waals surface area (Å²) in [5.41, 5.74) is 1.71. The third-order valence-electron chi connectivity index (χ3n) is 4.66. The first-order valence-corrected chi connectivity index (χ1v) is 8.53. The number of alkyl halides is 3. The first-order valence-electron chi connectivity index (χ1n) is 8.53. The molecule has 5 nitrogen and oxygen atoms in total. The number of aromatic nitrogens is 1. The van der Waals surface area contributed by atoms with E-state index in [1.54, 1.807) is 21.6 Å². The van der Waals surface area contributed by atoms with Gasteiger partial charge in [0.1, 0.15) is 5.69 Å². The molecular formula is C19H17F3N2O3. The van der Waals surface area contributed by atoms with Crippen LogP contribution in [0.1, 0.15) is 21.6 Å². The molecule has 2 aromatic heterocycles. The van der Waals surface area contributed by atoms with Gasteiger partial charge in [-0.25, -0.2) is 0 Å². The van der Waals surface area contributed by atoms with E-state index in [-0.39, 0.29) is 12.5 Å². The highest BCUT2D eigenvalue weighted by molar-refractivity contribution is 5.97. The number of rotatable bonds is 3. The van der Waals surface area contributed by atoms with Crippen molar-refractivity contribution in [1.82, 2.24) is 9.47 Å². The number of hydrogen-bond donors (Lipinski definition) is 0. The Balaban J connectivity index is 1.66. The second-order valence-corrected chi connectivity index (χ2v) is 6.39. The van der Waals surface area contributed by atoms with Gasteiger partial charge in [-0.1, -0.05) is 12.1 Å². The van der Waals surface area contributed by atoms with Crippen molar-refractivity contribution < 1.29 is 27.1 Å². The van der Waals surface area contributed by atoms with Gasteiger partial charge in [-0.2, -0.15) is 13.2 Å². The van der Waals surface area contributed by atoms with Gasteiger partial charge in [0.25, 0.3) is 5.91 Å². The lowest BCUT2D eigenvalue weighted by atomic mass is 10.1. The molecule has 0 spiro atoms. The number of ether oxygens (including phenoxy) is 1. The van der Waals surface area contributed by atoms with Crippen LogP contribution >= 0.6 is 0 Å². The highest BCUT2D eigenvalue weighted by Gasteiger charge is 2.30. The van der Waals surface area contributed by atoms with Crippen molar-refractivity contribution in [2.24, 2.45) is 0 Å². The number of furan rings is 1. The van der Waals surface area contributed by atoms with Gasteiger partial charge in [-0.05, 0) is 17.7 Å². The molecule has 8 heteroatoms. The normalized spacial score (nSPS) is 15.4. The lowest BCUT2D eigenvalue weighted by Gasteiger charge is -2.27. The summed E-state index contributed by atoms with van der Waals surface area (Å²) < 4.78 is 50.8. The molecule has 1 amide bonds. The minimum atomic E-state index is -4.37. The van der Waals surface area contributed by atoms with Crippen LogP contribution in [0.3, 0.4) is 0 Å². The number of benzene rings is 1. The zero-order chi connectivity index (χ0) is 19.0. The van der Waals surface area contributed by atoms with Crippen molar-refractivity contribution in [3.63, 3.8) is 0 Å². The Kier molecular flexibility index (Phi) is 4.43. The van der Waals surface area contributed by atoms with Gasteiger partial charge in [0.15, 0.2) is 5.58 Å². The molecule has 1 aliphatic rings. The topological polar surface area (TPSA) is 47.6 Å². The maximum absolute atomic E-state index is 12.9. The zero-order valence-electron chi connectivity index (χ0n) is 14.3. The van der Waals surface area contributed by atoms with Crippen molar-refractivity contribution in [3.8, 4) is 0 Å². The third-order valence-corrected chi connectivity index (χ3v) is 4.66. The fourth-order valence-electron chi connectivity index (χ4n) is 3.23. The molecule has 0 atom stereocenters. The van der Waals surface area contributed by atoms with E-state index in [2.05, 4.69) is 0 Å². The number of morpholine rings is 1. The van der Waals surface area contributed by atoms with E-state index < -0.39 is 11.7 Å². The smallest absolute Gasteiger partial charge is 0.416 e. The second kappa shape index (κ2) is 6.77. The monoisotopic (exact) mass is 378 g/mol. The third kappa shape index (κ3) is 3.44. The van der Waals surface area contributed by atoms with Crippen LogP contribution < -0.4 is 0 Å². The quantitative estimate of drug-likeness (QED) is 0.697. The van der Waals surface area contributed by atoms with Crippen molar-refractivity contribution in [1.29, 1.82) is 0 Å². The summed E-state index contributed by atoms with van der Waals surface area (Å²) in [4.78, 5) is 14.6. The predicted molar refractivity (Wildman–Crippen MR) is 91.5 cm³/mol. The van der Waals surface area contributed by atoms with E-state index in [1.165, 1.54) is 18.4 Å². The zero-order valence-corrected chi connectivity index (χ0v) is 14.3. The maximum Gasteiger partial charge on any atom is 0.416 e. The van der Waals surface area contributed by atoms with Gasteiger partial charge in [0.05, 0.1) is 30.6 Å². The molecule has 0 unspecified atom stereocenters. The molecular weight excluding hydrogens is 361 g/mol. The predicted octanol–water partition coefficient (Wildman–Crippen LogP) is 3.77. The molecule has 3 aromatic rings. The van der Waals surface area contributed by atoms with E-state index in [9.17, 15) is 18.0 Å². The Labute approximate surface area is 152 Å². The molecule has 3 heterocycles. The van der Waals surface area contributed by atoms with Gasteiger partial charge in [0, 0.05) is 31.8 Å². The molecule has 1 saturated heterocycles. The number of nitrogens with zero attached hydrogens (tertiary/aromatic N) is 2. The summed E-state index contributed by atoms with van der Waals surface area (Å²) in [7, 11) is 0. The van der Waals surface area contributed by atoms with Crippen LogP contribution in [0.5, 0.6) is 0 Å². The van der Waals surface area contributed by atoms with Crippen LogP contribution in [-0.4, -0.2) is 41.7 Å². The SMILES string of the molecule is O=C(c1cc2occc2n1Cc1ccc(C(F)(F)F)cc1)N1CCOCC1. The molecule has 1 aliphatic heterocycles. The number of fused-ring (bicyclic) bond motifs is 1. The summed E-state index contributed by atoms with van der Waals surface area (Å²) in [6.45, 7) is 2.26. The van der Waals surface area contributed by atoms with Gasteiger partial charge >= 0.3 is 6.18 Å². The van der Waals surface area contributed by atoms with Crippen LogP contribution in [-0.2, 0) is 17.5 Å². The molecule has 0 aliphatic carbocycles. The molecule has 27 heavy (non-hydrogen) atoms. The number of amides is 1. The van der Waals surface area contributed by atoms with Crippen LogP contribution in [0, 0.1) is 0 Å². The molecule has 1 fully saturated rings. The number of hydrogen-bond acceptors (Lipinski definition) is 3. The average Bonchev–Trinajstić information content (AvgIpc) is 3.24. The van der Waals surface area contributed by atoms with Gasteiger partial charge in [-0.3, -0.25) is 4.79 Å². The Morgan fingerprint density at radius 3 is 2.44 bits per heavy atom. The molecule has 0 radical (unpaired) electrons. The van der Waals surface area contributed by atoms with E-state index in [0.29, 0.717) is 43.1 Å². The van der Waals surface area contributed by atoms with E-state index >= 15 is 0 Å².